The topological polar surface area (TPSA) is 29.1 Å². The number of hydrogen-bond acceptors (Lipinski definition) is 1. The molecule has 2 nitrogen and oxygen atoms in total. The normalized spacial score (nSPS) is 10.7. The van der Waals surface area contributed by atoms with Gasteiger partial charge in [-0.1, -0.05) is 49.2 Å². The molecule has 0 bridgehead atoms. The maximum Gasteiger partial charge on any atom is 0.255 e. The van der Waals surface area contributed by atoms with E-state index in [9.17, 15) is 4.79 Å². The molecule has 1 N–H and O–H groups in total. The van der Waals surface area contributed by atoms with E-state index in [0.29, 0.717) is 21.5 Å². The first kappa shape index (κ1) is 15.9. The fourth-order valence-electron chi connectivity index (χ4n) is 2.14. The number of nitrogens with one attached hydrogen (secondary N) is 1. The van der Waals surface area contributed by atoms with E-state index in [1.807, 2.05) is 18.2 Å². The molecule has 0 spiro atoms. The lowest BCUT2D eigenvalue weighted by atomic mass is 10.0. The highest BCUT2D eigenvalue weighted by atomic mass is 35.5. The minimum Gasteiger partial charge on any atom is -0.322 e. The lowest BCUT2D eigenvalue weighted by Crippen LogP contribution is -2.12. The van der Waals surface area contributed by atoms with Crippen LogP contribution in [0.5, 0.6) is 0 Å². The van der Waals surface area contributed by atoms with Gasteiger partial charge in [0.15, 0.2) is 0 Å². The Balaban J connectivity index is 2.15. The summed E-state index contributed by atoms with van der Waals surface area (Å²) in [5.41, 5.74) is 2.42. The van der Waals surface area contributed by atoms with E-state index in [1.165, 1.54) is 5.56 Å². The molecule has 0 aliphatic rings. The summed E-state index contributed by atoms with van der Waals surface area (Å²) in [6, 6.07) is 12.7. The third kappa shape index (κ3) is 4.76. The monoisotopic (exact) mass is 321 g/mol. The van der Waals surface area contributed by atoms with E-state index in [0.717, 1.165) is 12.1 Å². The van der Waals surface area contributed by atoms with Gasteiger partial charge in [-0.25, -0.2) is 0 Å². The van der Waals surface area contributed by atoms with Crippen LogP contribution in [0.25, 0.3) is 0 Å². The molecule has 0 aromatic heterocycles. The van der Waals surface area contributed by atoms with Crippen LogP contribution >= 0.6 is 23.2 Å². The van der Waals surface area contributed by atoms with Crippen molar-refractivity contribution in [1.82, 2.24) is 0 Å². The van der Waals surface area contributed by atoms with E-state index >= 15 is 0 Å². The molecule has 0 aliphatic heterocycles. The molecule has 0 unspecified atom stereocenters. The molecule has 0 saturated heterocycles. The van der Waals surface area contributed by atoms with Gasteiger partial charge >= 0.3 is 0 Å². The van der Waals surface area contributed by atoms with Crippen molar-refractivity contribution in [2.45, 2.75) is 20.3 Å². The fourth-order valence-corrected chi connectivity index (χ4v) is 2.66. The van der Waals surface area contributed by atoms with Crippen LogP contribution in [-0.4, -0.2) is 5.91 Å². The molecular weight excluding hydrogens is 305 g/mol. The number of anilines is 1. The molecule has 0 heterocycles. The van der Waals surface area contributed by atoms with Gasteiger partial charge in [0.1, 0.15) is 0 Å². The van der Waals surface area contributed by atoms with Gasteiger partial charge in [0.05, 0.1) is 0 Å². The summed E-state index contributed by atoms with van der Waals surface area (Å²) in [7, 11) is 0. The lowest BCUT2D eigenvalue weighted by molar-refractivity contribution is 0.102. The Hall–Kier alpha value is -1.51. The first-order valence-electron chi connectivity index (χ1n) is 6.80. The van der Waals surface area contributed by atoms with Crippen LogP contribution in [0.1, 0.15) is 29.8 Å². The molecule has 1 amide bonds. The quantitative estimate of drug-likeness (QED) is 0.797. The number of halogens is 2. The number of rotatable bonds is 4. The second-order valence-electron chi connectivity index (χ2n) is 5.41. The lowest BCUT2D eigenvalue weighted by Gasteiger charge is -2.09. The van der Waals surface area contributed by atoms with Gasteiger partial charge in [-0.15, -0.1) is 0 Å². The zero-order valence-electron chi connectivity index (χ0n) is 12.0. The van der Waals surface area contributed by atoms with Gasteiger partial charge < -0.3 is 5.32 Å². The predicted octanol–water partition coefficient (Wildman–Crippen LogP) is 5.44. The molecule has 21 heavy (non-hydrogen) atoms. The largest absolute Gasteiger partial charge is 0.322 e. The first-order chi connectivity index (χ1) is 9.94. The van der Waals surface area contributed by atoms with Crippen molar-refractivity contribution in [2.24, 2.45) is 5.92 Å². The second-order valence-corrected chi connectivity index (χ2v) is 6.28. The molecule has 0 saturated carbocycles. The Bertz CT molecular complexity index is 633. The summed E-state index contributed by atoms with van der Waals surface area (Å²) >= 11 is 11.8. The number of amides is 1. The fraction of sp³-hybridized carbons (Fsp3) is 0.235. The van der Waals surface area contributed by atoms with Crippen LogP contribution in [0.2, 0.25) is 10.0 Å². The zero-order chi connectivity index (χ0) is 15.4. The Morgan fingerprint density at radius 1 is 1.10 bits per heavy atom. The summed E-state index contributed by atoms with van der Waals surface area (Å²) in [5, 5.41) is 3.76. The summed E-state index contributed by atoms with van der Waals surface area (Å²) < 4.78 is 0. The molecule has 2 rings (SSSR count). The van der Waals surface area contributed by atoms with Crippen LogP contribution in [0, 0.1) is 5.92 Å². The molecule has 0 atom stereocenters. The van der Waals surface area contributed by atoms with Crippen molar-refractivity contribution >= 4 is 34.8 Å². The maximum atomic E-state index is 12.2. The third-order valence-corrected chi connectivity index (χ3v) is 3.39. The molecule has 0 aliphatic carbocycles. The maximum absolute atomic E-state index is 12.2. The van der Waals surface area contributed by atoms with Gasteiger partial charge in [0.25, 0.3) is 5.91 Å². The molecule has 0 fully saturated rings. The van der Waals surface area contributed by atoms with Crippen molar-refractivity contribution in [2.75, 3.05) is 5.32 Å². The summed E-state index contributed by atoms with van der Waals surface area (Å²) in [6.07, 6.45) is 0.979. The minimum atomic E-state index is -0.221. The Morgan fingerprint density at radius 2 is 1.76 bits per heavy atom. The van der Waals surface area contributed by atoms with Crippen LogP contribution in [0.15, 0.2) is 42.5 Å². The average Bonchev–Trinajstić information content (AvgIpc) is 2.37. The number of benzene rings is 2. The van der Waals surface area contributed by atoms with Gasteiger partial charge in [-0.3, -0.25) is 4.79 Å². The van der Waals surface area contributed by atoms with Gasteiger partial charge in [-0.05, 0) is 48.2 Å². The van der Waals surface area contributed by atoms with Crippen molar-refractivity contribution in [3.8, 4) is 0 Å². The summed E-state index contributed by atoms with van der Waals surface area (Å²) in [4.78, 5) is 12.2. The summed E-state index contributed by atoms with van der Waals surface area (Å²) in [6.45, 7) is 4.33. The highest BCUT2D eigenvalue weighted by Gasteiger charge is 2.09. The first-order valence-corrected chi connectivity index (χ1v) is 7.56. The van der Waals surface area contributed by atoms with E-state index in [4.69, 9.17) is 23.2 Å². The van der Waals surface area contributed by atoms with E-state index in [2.05, 4.69) is 25.2 Å². The van der Waals surface area contributed by atoms with Gasteiger partial charge in [0, 0.05) is 21.3 Å². The summed E-state index contributed by atoms with van der Waals surface area (Å²) in [5.74, 6) is 0.351. The number of carbonyl (C=O) groups is 1. The number of hydrogen-bond donors (Lipinski definition) is 1. The Morgan fingerprint density at radius 3 is 2.38 bits per heavy atom. The molecule has 2 aromatic carbocycles. The van der Waals surface area contributed by atoms with Crippen molar-refractivity contribution in [1.29, 1.82) is 0 Å². The van der Waals surface area contributed by atoms with E-state index in [-0.39, 0.29) is 5.91 Å². The van der Waals surface area contributed by atoms with Crippen LogP contribution < -0.4 is 5.32 Å². The molecular formula is C17H17Cl2NO. The van der Waals surface area contributed by atoms with Crippen LogP contribution in [0.4, 0.5) is 5.69 Å². The third-order valence-electron chi connectivity index (χ3n) is 2.95. The molecule has 0 radical (unpaired) electrons. The van der Waals surface area contributed by atoms with Gasteiger partial charge in [0.2, 0.25) is 0 Å². The van der Waals surface area contributed by atoms with Crippen LogP contribution in [0.3, 0.4) is 0 Å². The Kier molecular flexibility index (Phi) is 5.27. The van der Waals surface area contributed by atoms with Crippen LogP contribution in [-0.2, 0) is 6.42 Å². The highest BCUT2D eigenvalue weighted by molar-refractivity contribution is 6.35. The van der Waals surface area contributed by atoms with E-state index < -0.39 is 0 Å². The van der Waals surface area contributed by atoms with Crippen molar-refractivity contribution in [3.63, 3.8) is 0 Å². The number of carbonyl (C=O) groups excluding carboxylic acids is 1. The average molecular weight is 322 g/mol. The predicted molar refractivity (Wildman–Crippen MR) is 89.4 cm³/mol. The highest BCUT2D eigenvalue weighted by Crippen LogP contribution is 2.20. The van der Waals surface area contributed by atoms with Crippen molar-refractivity contribution < 1.29 is 4.79 Å². The Labute approximate surface area is 135 Å². The van der Waals surface area contributed by atoms with Crippen molar-refractivity contribution in [3.05, 3.63) is 63.6 Å². The molecule has 110 valence electrons. The van der Waals surface area contributed by atoms with E-state index in [1.54, 1.807) is 18.2 Å². The second kappa shape index (κ2) is 6.97. The molecule has 2 aromatic rings. The standard InChI is InChI=1S/C17H17Cl2NO/c1-11(2)6-12-4-3-5-16(7-12)20-17(21)13-8-14(18)10-15(19)9-13/h3-5,7-11H,6H2,1-2H3,(H,20,21). The smallest absolute Gasteiger partial charge is 0.255 e. The molecule has 4 heteroatoms. The minimum absolute atomic E-state index is 0.221. The zero-order valence-corrected chi connectivity index (χ0v) is 13.5. The SMILES string of the molecule is CC(C)Cc1cccc(NC(=O)c2cc(Cl)cc(Cl)c2)c1. The van der Waals surface area contributed by atoms with Gasteiger partial charge in [-0.2, -0.15) is 0 Å².